The lowest BCUT2D eigenvalue weighted by atomic mass is 9.89. The van der Waals surface area contributed by atoms with Crippen molar-refractivity contribution >= 4 is 6.16 Å². The third-order valence-electron chi connectivity index (χ3n) is 7.40. The summed E-state index contributed by atoms with van der Waals surface area (Å²) in [5.41, 5.74) is 0.685. The average Bonchev–Trinajstić information content (AvgIpc) is 3.29. The summed E-state index contributed by atoms with van der Waals surface area (Å²) in [7, 11) is 0. The molecule has 4 rings (SSSR count). The zero-order chi connectivity index (χ0) is 26.2. The van der Waals surface area contributed by atoms with E-state index in [2.05, 4.69) is 22.0 Å². The van der Waals surface area contributed by atoms with Crippen LogP contribution < -0.4 is 11.2 Å². The minimum atomic E-state index is -0.727. The first-order valence-electron chi connectivity index (χ1n) is 13.5. The predicted molar refractivity (Wildman–Crippen MR) is 139 cm³/mol. The molecule has 1 aliphatic heterocycles. The van der Waals surface area contributed by atoms with Crippen molar-refractivity contribution in [2.24, 2.45) is 5.92 Å². The zero-order valence-electron chi connectivity index (χ0n) is 21.9. The summed E-state index contributed by atoms with van der Waals surface area (Å²) in [5.74, 6) is 0.683. The van der Waals surface area contributed by atoms with Crippen LogP contribution in [0, 0.1) is 12.8 Å². The van der Waals surface area contributed by atoms with Gasteiger partial charge in [-0.05, 0) is 37.7 Å². The van der Waals surface area contributed by atoms with Crippen LogP contribution in [0.1, 0.15) is 69.2 Å². The number of benzene rings is 1. The molecule has 0 radical (unpaired) electrons. The first-order valence-corrected chi connectivity index (χ1v) is 13.5. The van der Waals surface area contributed by atoms with Gasteiger partial charge >= 0.3 is 11.8 Å². The molecule has 9 nitrogen and oxygen atoms in total. The maximum absolute atomic E-state index is 12.6. The number of rotatable bonds is 10. The lowest BCUT2D eigenvalue weighted by Crippen LogP contribution is -2.34. The Hall–Kier alpha value is -2.91. The van der Waals surface area contributed by atoms with Crippen LogP contribution in [0.25, 0.3) is 0 Å². The van der Waals surface area contributed by atoms with Gasteiger partial charge in [-0.2, -0.15) is 0 Å². The van der Waals surface area contributed by atoms with E-state index in [9.17, 15) is 14.4 Å². The van der Waals surface area contributed by atoms with Gasteiger partial charge in [0.05, 0.1) is 6.10 Å². The lowest BCUT2D eigenvalue weighted by Gasteiger charge is -2.29. The van der Waals surface area contributed by atoms with Gasteiger partial charge in [0, 0.05) is 37.8 Å². The number of carbonyl (C=O) groups is 1. The van der Waals surface area contributed by atoms with Crippen molar-refractivity contribution in [3.05, 3.63) is 68.5 Å². The summed E-state index contributed by atoms with van der Waals surface area (Å²) in [6.07, 6.45) is 6.57. The molecule has 2 aliphatic rings. The summed E-state index contributed by atoms with van der Waals surface area (Å²) < 4.78 is 18.4. The molecule has 1 N–H and O–H groups in total. The highest BCUT2D eigenvalue weighted by atomic mass is 16.7. The highest BCUT2D eigenvalue weighted by Gasteiger charge is 2.38. The molecule has 1 saturated heterocycles. The number of aromatic nitrogens is 2. The van der Waals surface area contributed by atoms with E-state index < -0.39 is 29.7 Å². The molecule has 2 fully saturated rings. The predicted octanol–water partition coefficient (Wildman–Crippen LogP) is 4.15. The number of ether oxygens (including phenoxy) is 3. The van der Waals surface area contributed by atoms with Crippen LogP contribution in [0.4, 0.5) is 4.79 Å². The molecule has 0 bridgehead atoms. The van der Waals surface area contributed by atoms with E-state index in [4.69, 9.17) is 14.2 Å². The van der Waals surface area contributed by atoms with Crippen LogP contribution in [0.3, 0.4) is 0 Å². The number of nitrogens with zero attached hydrogens (tertiary/aromatic N) is 2. The molecule has 1 aliphatic carbocycles. The van der Waals surface area contributed by atoms with E-state index >= 15 is 0 Å². The minimum Gasteiger partial charge on any atom is -0.433 e. The van der Waals surface area contributed by atoms with Crippen LogP contribution in [0.2, 0.25) is 0 Å². The third-order valence-corrected chi connectivity index (χ3v) is 7.40. The van der Waals surface area contributed by atoms with Crippen LogP contribution >= 0.6 is 0 Å². The van der Waals surface area contributed by atoms with E-state index in [-0.39, 0.29) is 12.7 Å². The molecule has 1 aromatic carbocycles. The molecule has 0 spiro atoms. The SMILES string of the molecule is CC[C@H]1O[C@@H](n2cc(C)c(=O)[nH]c2=O)CC1OC(=O)OCCN(Cc1ccccc1)CC1CCCCC1. The standard InChI is InChI=1S/C28H39N3O6/c1-3-23-24(16-25(36-23)31-17-20(2)26(32)29-27(31)33)37-28(34)35-15-14-30(18-21-10-6-4-7-11-21)19-22-12-8-5-9-13-22/h4,6-7,10-11,17,22-25H,3,5,8-9,12-16,18-19H2,1-2H3,(H,29,32,33)/t23-,24?,25-/m1/s1. The number of hydrogen-bond acceptors (Lipinski definition) is 7. The van der Waals surface area contributed by atoms with Gasteiger partial charge in [-0.3, -0.25) is 19.2 Å². The fourth-order valence-electron chi connectivity index (χ4n) is 5.38. The van der Waals surface area contributed by atoms with Gasteiger partial charge in [0.2, 0.25) is 0 Å². The number of carbonyl (C=O) groups excluding carboxylic acids is 1. The van der Waals surface area contributed by atoms with Gasteiger partial charge in [-0.1, -0.05) is 56.5 Å². The molecule has 9 heteroatoms. The normalized spacial score (nSPS) is 22.3. The molecule has 1 unspecified atom stereocenters. The smallest absolute Gasteiger partial charge is 0.433 e. The van der Waals surface area contributed by atoms with E-state index in [1.165, 1.54) is 48.4 Å². The summed E-state index contributed by atoms with van der Waals surface area (Å²) in [6, 6.07) is 10.4. The summed E-state index contributed by atoms with van der Waals surface area (Å²) in [5, 5.41) is 0. The topological polar surface area (TPSA) is 103 Å². The van der Waals surface area contributed by atoms with E-state index in [1.54, 1.807) is 6.92 Å². The van der Waals surface area contributed by atoms with Gasteiger partial charge < -0.3 is 14.2 Å². The Morgan fingerprint density at radius 3 is 2.65 bits per heavy atom. The lowest BCUT2D eigenvalue weighted by molar-refractivity contribution is -0.0384. The molecular weight excluding hydrogens is 474 g/mol. The van der Waals surface area contributed by atoms with Gasteiger partial charge in [-0.15, -0.1) is 0 Å². The van der Waals surface area contributed by atoms with E-state index in [0.717, 1.165) is 13.1 Å². The first-order chi connectivity index (χ1) is 17.9. The summed E-state index contributed by atoms with van der Waals surface area (Å²) >= 11 is 0. The Kier molecular flexibility index (Phi) is 9.57. The Balaban J connectivity index is 1.30. The Morgan fingerprint density at radius 2 is 1.92 bits per heavy atom. The number of aryl methyl sites for hydroxylation is 1. The molecule has 0 amide bonds. The van der Waals surface area contributed by atoms with Crippen molar-refractivity contribution in [1.82, 2.24) is 14.5 Å². The maximum Gasteiger partial charge on any atom is 0.508 e. The second kappa shape index (κ2) is 13.1. The first kappa shape index (κ1) is 27.1. The van der Waals surface area contributed by atoms with Crippen molar-refractivity contribution in [2.75, 3.05) is 19.7 Å². The largest absolute Gasteiger partial charge is 0.508 e. The van der Waals surface area contributed by atoms with Gasteiger partial charge in [0.1, 0.15) is 18.9 Å². The van der Waals surface area contributed by atoms with Crippen LogP contribution in [0.5, 0.6) is 0 Å². The molecular formula is C28H39N3O6. The summed E-state index contributed by atoms with van der Waals surface area (Å²) in [6.45, 7) is 6.25. The molecule has 202 valence electrons. The van der Waals surface area contributed by atoms with E-state index in [1.807, 2.05) is 25.1 Å². The number of hydrogen-bond donors (Lipinski definition) is 1. The van der Waals surface area contributed by atoms with Crippen LogP contribution in [-0.4, -0.2) is 52.5 Å². The Morgan fingerprint density at radius 1 is 1.16 bits per heavy atom. The summed E-state index contributed by atoms with van der Waals surface area (Å²) in [4.78, 5) is 41.2. The number of H-pyrrole nitrogens is 1. The van der Waals surface area contributed by atoms with Crippen molar-refractivity contribution in [3.63, 3.8) is 0 Å². The van der Waals surface area contributed by atoms with Gasteiger partial charge in [0.15, 0.2) is 0 Å². The van der Waals surface area contributed by atoms with Crippen molar-refractivity contribution in [2.45, 2.75) is 83.8 Å². The quantitative estimate of drug-likeness (QED) is 0.476. The monoisotopic (exact) mass is 513 g/mol. The highest BCUT2D eigenvalue weighted by Crippen LogP contribution is 2.32. The molecule has 2 aromatic rings. The van der Waals surface area contributed by atoms with Crippen molar-refractivity contribution in [1.29, 1.82) is 0 Å². The second-order valence-corrected chi connectivity index (χ2v) is 10.2. The average molecular weight is 514 g/mol. The molecule has 2 heterocycles. The Bertz CT molecular complexity index is 1120. The van der Waals surface area contributed by atoms with Crippen LogP contribution in [-0.2, 0) is 20.8 Å². The fraction of sp³-hybridized carbons (Fsp3) is 0.607. The minimum absolute atomic E-state index is 0.241. The zero-order valence-corrected chi connectivity index (χ0v) is 21.9. The van der Waals surface area contributed by atoms with Crippen molar-refractivity contribution in [3.8, 4) is 0 Å². The van der Waals surface area contributed by atoms with Gasteiger partial charge in [-0.25, -0.2) is 9.59 Å². The maximum atomic E-state index is 12.6. The Labute approximate surface area is 217 Å². The number of nitrogens with one attached hydrogen (secondary N) is 1. The third kappa shape index (κ3) is 7.55. The molecule has 3 atom stereocenters. The fourth-order valence-corrected chi connectivity index (χ4v) is 5.38. The van der Waals surface area contributed by atoms with Crippen molar-refractivity contribution < 1.29 is 19.0 Å². The van der Waals surface area contributed by atoms with Gasteiger partial charge in [0.25, 0.3) is 5.56 Å². The molecule has 1 saturated carbocycles. The molecule has 37 heavy (non-hydrogen) atoms. The van der Waals surface area contributed by atoms with E-state index in [0.29, 0.717) is 30.9 Å². The number of aromatic amines is 1. The molecule has 1 aromatic heterocycles. The highest BCUT2D eigenvalue weighted by molar-refractivity contribution is 5.60. The second-order valence-electron chi connectivity index (χ2n) is 10.2. The van der Waals surface area contributed by atoms with Crippen LogP contribution in [0.15, 0.2) is 46.1 Å².